The monoisotopic (exact) mass is 371 g/mol. The van der Waals surface area contributed by atoms with Crippen molar-refractivity contribution in [1.82, 2.24) is 10.1 Å². The van der Waals surface area contributed by atoms with E-state index in [0.717, 1.165) is 10.6 Å². The molecule has 0 saturated carbocycles. The van der Waals surface area contributed by atoms with E-state index in [0.29, 0.717) is 36.2 Å². The minimum atomic E-state index is -0.128. The Morgan fingerprint density at radius 1 is 1.23 bits per heavy atom. The van der Waals surface area contributed by atoms with Crippen LogP contribution in [-0.2, 0) is 4.79 Å². The molecular weight excluding hydrogens is 354 g/mol. The summed E-state index contributed by atoms with van der Waals surface area (Å²) in [7, 11) is 3.15. The fourth-order valence-corrected chi connectivity index (χ4v) is 3.67. The Balaban J connectivity index is 1.56. The number of thiophene rings is 1. The number of aromatic nitrogens is 2. The minimum Gasteiger partial charge on any atom is -0.493 e. The standard InChI is InChI=1S/C18H17N3O4S/c1-23-13-6-5-12(9-14(13)24-2)21-10-11(8-16(21)22)18-19-17(20-25-18)15-4-3-7-26-15/h3-7,9,11H,8,10H2,1-2H3/t11-/m0/s1. The van der Waals surface area contributed by atoms with Gasteiger partial charge in [0.1, 0.15) is 0 Å². The molecule has 26 heavy (non-hydrogen) atoms. The van der Waals surface area contributed by atoms with Crippen LogP contribution in [0.25, 0.3) is 10.7 Å². The number of carbonyl (C=O) groups excluding carboxylic acids is 1. The first-order valence-electron chi connectivity index (χ1n) is 8.09. The number of methoxy groups -OCH3 is 2. The van der Waals surface area contributed by atoms with Crippen LogP contribution in [0.3, 0.4) is 0 Å². The molecule has 1 aliphatic heterocycles. The van der Waals surface area contributed by atoms with Gasteiger partial charge < -0.3 is 18.9 Å². The number of amides is 1. The van der Waals surface area contributed by atoms with Gasteiger partial charge in [0, 0.05) is 24.7 Å². The van der Waals surface area contributed by atoms with Crippen molar-refractivity contribution in [2.75, 3.05) is 25.7 Å². The molecule has 1 atom stereocenters. The molecule has 1 aromatic carbocycles. The van der Waals surface area contributed by atoms with Crippen molar-refractivity contribution in [2.45, 2.75) is 12.3 Å². The van der Waals surface area contributed by atoms with Gasteiger partial charge in [-0.25, -0.2) is 0 Å². The summed E-state index contributed by atoms with van der Waals surface area (Å²) in [5, 5.41) is 6.00. The zero-order valence-corrected chi connectivity index (χ0v) is 15.2. The largest absolute Gasteiger partial charge is 0.493 e. The Kier molecular flexibility index (Phi) is 4.34. The smallest absolute Gasteiger partial charge is 0.232 e. The van der Waals surface area contributed by atoms with E-state index in [4.69, 9.17) is 14.0 Å². The Hall–Kier alpha value is -2.87. The Bertz CT molecular complexity index is 922. The fraction of sp³-hybridized carbons (Fsp3) is 0.278. The first-order valence-corrected chi connectivity index (χ1v) is 8.97. The van der Waals surface area contributed by atoms with Gasteiger partial charge in [-0.15, -0.1) is 11.3 Å². The highest BCUT2D eigenvalue weighted by Gasteiger charge is 2.35. The summed E-state index contributed by atoms with van der Waals surface area (Å²) in [5.41, 5.74) is 0.758. The molecule has 3 aromatic rings. The highest BCUT2D eigenvalue weighted by molar-refractivity contribution is 7.13. The predicted molar refractivity (Wildman–Crippen MR) is 96.9 cm³/mol. The van der Waals surface area contributed by atoms with Gasteiger partial charge in [-0.3, -0.25) is 4.79 Å². The molecule has 134 valence electrons. The van der Waals surface area contributed by atoms with Crippen molar-refractivity contribution in [3.63, 3.8) is 0 Å². The number of hydrogen-bond acceptors (Lipinski definition) is 7. The molecule has 3 heterocycles. The molecule has 0 N–H and O–H groups in total. The number of anilines is 1. The SMILES string of the molecule is COc1ccc(N2C[C@@H](c3nc(-c4cccs4)no3)CC2=O)cc1OC. The molecule has 0 unspecified atom stereocenters. The molecule has 7 nitrogen and oxygen atoms in total. The van der Waals surface area contributed by atoms with Gasteiger partial charge in [0.05, 0.1) is 25.0 Å². The summed E-state index contributed by atoms with van der Waals surface area (Å²) in [6.45, 7) is 0.486. The second kappa shape index (κ2) is 6.80. The van der Waals surface area contributed by atoms with Crippen LogP contribution in [0.2, 0.25) is 0 Å². The molecule has 1 amide bonds. The van der Waals surface area contributed by atoms with E-state index in [-0.39, 0.29) is 11.8 Å². The Morgan fingerprint density at radius 3 is 2.81 bits per heavy atom. The first kappa shape index (κ1) is 16.6. The molecule has 1 aliphatic rings. The van der Waals surface area contributed by atoms with Gasteiger partial charge in [0.15, 0.2) is 11.5 Å². The molecule has 2 aromatic heterocycles. The van der Waals surface area contributed by atoms with Crippen LogP contribution in [0.1, 0.15) is 18.2 Å². The van der Waals surface area contributed by atoms with E-state index in [1.807, 2.05) is 23.6 Å². The lowest BCUT2D eigenvalue weighted by molar-refractivity contribution is -0.117. The maximum Gasteiger partial charge on any atom is 0.232 e. The van der Waals surface area contributed by atoms with E-state index in [1.165, 1.54) is 0 Å². The zero-order chi connectivity index (χ0) is 18.1. The lowest BCUT2D eigenvalue weighted by Crippen LogP contribution is -2.24. The average Bonchev–Trinajstić information content (AvgIpc) is 3.40. The Morgan fingerprint density at radius 2 is 2.08 bits per heavy atom. The fourth-order valence-electron chi connectivity index (χ4n) is 3.02. The lowest BCUT2D eigenvalue weighted by atomic mass is 10.1. The van der Waals surface area contributed by atoms with Crippen LogP contribution < -0.4 is 14.4 Å². The van der Waals surface area contributed by atoms with Crippen LogP contribution in [-0.4, -0.2) is 36.8 Å². The highest BCUT2D eigenvalue weighted by Crippen LogP contribution is 2.36. The number of benzene rings is 1. The summed E-state index contributed by atoms with van der Waals surface area (Å²) in [6.07, 6.45) is 0.334. The molecule has 0 bridgehead atoms. The Labute approximate surface area is 154 Å². The van der Waals surface area contributed by atoms with Crippen molar-refractivity contribution < 1.29 is 18.8 Å². The second-order valence-electron chi connectivity index (χ2n) is 5.88. The van der Waals surface area contributed by atoms with Gasteiger partial charge >= 0.3 is 0 Å². The van der Waals surface area contributed by atoms with Gasteiger partial charge in [-0.1, -0.05) is 11.2 Å². The van der Waals surface area contributed by atoms with Crippen molar-refractivity contribution in [3.05, 3.63) is 41.6 Å². The molecule has 0 radical (unpaired) electrons. The summed E-state index contributed by atoms with van der Waals surface area (Å²) in [5.74, 6) is 2.14. The van der Waals surface area contributed by atoms with E-state index in [9.17, 15) is 4.79 Å². The predicted octanol–water partition coefficient (Wildman–Crippen LogP) is 3.34. The van der Waals surface area contributed by atoms with Crippen LogP contribution in [0.4, 0.5) is 5.69 Å². The highest BCUT2D eigenvalue weighted by atomic mass is 32.1. The van der Waals surface area contributed by atoms with Crippen molar-refractivity contribution in [1.29, 1.82) is 0 Å². The van der Waals surface area contributed by atoms with E-state index < -0.39 is 0 Å². The molecule has 0 aliphatic carbocycles. The van der Waals surface area contributed by atoms with Crippen LogP contribution in [0.5, 0.6) is 11.5 Å². The molecular formula is C18H17N3O4S. The number of nitrogens with zero attached hydrogens (tertiary/aromatic N) is 3. The maximum absolute atomic E-state index is 12.5. The van der Waals surface area contributed by atoms with Crippen LogP contribution in [0, 0.1) is 0 Å². The lowest BCUT2D eigenvalue weighted by Gasteiger charge is -2.18. The number of hydrogen-bond donors (Lipinski definition) is 0. The first-order chi connectivity index (χ1) is 12.7. The maximum atomic E-state index is 12.5. The van der Waals surface area contributed by atoms with E-state index in [2.05, 4.69) is 10.1 Å². The summed E-state index contributed by atoms with van der Waals surface area (Å²) in [6, 6.07) is 9.30. The van der Waals surface area contributed by atoms with E-state index >= 15 is 0 Å². The number of ether oxygens (including phenoxy) is 2. The molecule has 4 rings (SSSR count). The summed E-state index contributed by atoms with van der Waals surface area (Å²) >= 11 is 1.55. The zero-order valence-electron chi connectivity index (χ0n) is 14.3. The summed E-state index contributed by atoms with van der Waals surface area (Å²) < 4.78 is 16.0. The molecule has 8 heteroatoms. The van der Waals surface area contributed by atoms with E-state index in [1.54, 1.807) is 42.6 Å². The second-order valence-corrected chi connectivity index (χ2v) is 6.83. The third-order valence-electron chi connectivity index (χ3n) is 4.34. The number of rotatable bonds is 5. The molecule has 0 spiro atoms. The van der Waals surface area contributed by atoms with Gasteiger partial charge in [-0.2, -0.15) is 4.98 Å². The van der Waals surface area contributed by atoms with Crippen molar-refractivity contribution in [3.8, 4) is 22.2 Å². The van der Waals surface area contributed by atoms with Gasteiger partial charge in [-0.05, 0) is 23.6 Å². The molecule has 1 fully saturated rings. The molecule has 1 saturated heterocycles. The third-order valence-corrected chi connectivity index (χ3v) is 5.20. The van der Waals surface area contributed by atoms with Crippen molar-refractivity contribution in [2.24, 2.45) is 0 Å². The van der Waals surface area contributed by atoms with Gasteiger partial charge in [0.25, 0.3) is 0 Å². The summed E-state index contributed by atoms with van der Waals surface area (Å²) in [4.78, 5) is 19.6. The number of carbonyl (C=O) groups is 1. The third kappa shape index (κ3) is 2.92. The van der Waals surface area contributed by atoms with Crippen molar-refractivity contribution >= 4 is 22.9 Å². The van der Waals surface area contributed by atoms with Crippen LogP contribution >= 0.6 is 11.3 Å². The average molecular weight is 371 g/mol. The van der Waals surface area contributed by atoms with Gasteiger partial charge in [0.2, 0.25) is 17.6 Å². The quantitative estimate of drug-likeness (QED) is 0.685. The normalized spacial score (nSPS) is 16.9. The van der Waals surface area contributed by atoms with Crippen LogP contribution in [0.15, 0.2) is 40.2 Å². The minimum absolute atomic E-state index is 0.0121. The topological polar surface area (TPSA) is 77.7 Å².